The number of carbonyl (C=O) groups is 9. The highest BCUT2D eigenvalue weighted by molar-refractivity contribution is 6.07. The number of piperidine rings is 3. The topological polar surface area (TPSA) is 209 Å². The molecule has 3 fully saturated rings. The Morgan fingerprint density at radius 2 is 0.909 bits per heavy atom. The highest BCUT2D eigenvalue weighted by atomic mass is 16.5. The van der Waals surface area contributed by atoms with Gasteiger partial charge in [0.05, 0.1) is 13.7 Å². The van der Waals surface area contributed by atoms with Crippen LogP contribution in [-0.2, 0) is 54.8 Å². The number of ether oxygens (including phenoxy) is 1. The van der Waals surface area contributed by atoms with Crippen molar-refractivity contribution in [1.29, 1.82) is 0 Å². The minimum Gasteiger partial charge on any atom is -0.496 e. The Kier molecular flexibility index (Phi) is 18.5. The summed E-state index contributed by atoms with van der Waals surface area (Å²) in [5.74, 6) is 0.694. The number of nitrogens with one attached hydrogen (secondary N) is 3. The van der Waals surface area contributed by atoms with Gasteiger partial charge >= 0.3 is 0 Å². The first-order valence-electron chi connectivity index (χ1n) is 22.6. The molecule has 3 unspecified atom stereocenters. The van der Waals surface area contributed by atoms with E-state index in [0.29, 0.717) is 66.9 Å². The van der Waals surface area contributed by atoms with E-state index in [-0.39, 0.29) is 60.6 Å². The first kappa shape index (κ1) is 51.5. The molecular formula is C50H60N6O10. The molecule has 0 bridgehead atoms. The summed E-state index contributed by atoms with van der Waals surface area (Å²) in [7, 11) is 1.55. The number of amides is 9. The van der Waals surface area contributed by atoms with E-state index in [0.717, 1.165) is 28.7 Å². The fourth-order valence-electron chi connectivity index (χ4n) is 8.45. The smallest absolute Gasteiger partial charge is 0.255 e. The Bertz CT molecular complexity index is 2310. The minimum atomic E-state index is -0.599. The second kappa shape index (κ2) is 23.7. The summed E-state index contributed by atoms with van der Waals surface area (Å²) in [6.45, 7) is 15.2. The number of terminal acetylenes is 1. The normalized spacial score (nSPS) is 20.0. The average Bonchev–Trinajstić information content (AvgIpc) is 3.98. The molecule has 0 saturated carbocycles. The molecule has 9 rings (SSSR count). The molecule has 16 heteroatoms. The predicted octanol–water partition coefficient (Wildman–Crippen LogP) is 4.97. The van der Waals surface area contributed by atoms with Gasteiger partial charge in [0, 0.05) is 60.2 Å². The third-order valence-electron chi connectivity index (χ3n) is 11.6. The van der Waals surface area contributed by atoms with E-state index in [9.17, 15) is 43.2 Å². The number of methoxy groups -OCH3 is 1. The molecule has 3 aromatic carbocycles. The number of nitrogens with zero attached hydrogens (tertiary/aromatic N) is 3. The number of aryl methyl sites for hydroxylation is 1. The van der Waals surface area contributed by atoms with Crippen LogP contribution in [0.3, 0.4) is 0 Å². The first-order chi connectivity index (χ1) is 31.8. The first-order valence-corrected chi connectivity index (χ1v) is 22.6. The van der Waals surface area contributed by atoms with Gasteiger partial charge in [0.15, 0.2) is 0 Å². The Balaban J connectivity index is 0.000000204. The van der Waals surface area contributed by atoms with Gasteiger partial charge < -0.3 is 19.4 Å². The molecule has 0 spiro atoms. The average molecular weight is 905 g/mol. The third-order valence-corrected chi connectivity index (χ3v) is 11.6. The number of fused-ring (bicyclic) bond motifs is 3. The maximum absolute atomic E-state index is 12.5. The Hall–Kier alpha value is -7.15. The minimum absolute atomic E-state index is 0.107. The van der Waals surface area contributed by atoms with Gasteiger partial charge in [-0.1, -0.05) is 78.7 Å². The lowest BCUT2D eigenvalue weighted by molar-refractivity contribution is -0.138. The van der Waals surface area contributed by atoms with Crippen LogP contribution in [0.1, 0.15) is 146 Å². The lowest BCUT2D eigenvalue weighted by atomic mass is 10.0. The van der Waals surface area contributed by atoms with Crippen LogP contribution in [0.25, 0.3) is 0 Å². The van der Waals surface area contributed by atoms with E-state index in [1.165, 1.54) is 9.80 Å². The Labute approximate surface area is 386 Å². The number of hydrogen-bond donors (Lipinski definition) is 3. The third kappa shape index (κ3) is 10.8. The molecule has 66 heavy (non-hydrogen) atoms. The summed E-state index contributed by atoms with van der Waals surface area (Å²) in [4.78, 5) is 111. The molecule has 6 aliphatic rings. The largest absolute Gasteiger partial charge is 0.496 e. The number of imide groups is 3. The molecule has 6 heterocycles. The van der Waals surface area contributed by atoms with Crippen molar-refractivity contribution < 1.29 is 47.9 Å². The Morgan fingerprint density at radius 3 is 1.30 bits per heavy atom. The lowest BCUT2D eigenvalue weighted by Gasteiger charge is -2.29. The monoisotopic (exact) mass is 904 g/mol. The van der Waals surface area contributed by atoms with E-state index in [1.54, 1.807) is 48.4 Å². The molecule has 3 saturated heterocycles. The second-order valence-corrected chi connectivity index (χ2v) is 15.0. The van der Waals surface area contributed by atoms with Crippen LogP contribution in [0.15, 0.2) is 54.6 Å². The molecular weight excluding hydrogens is 845 g/mol. The molecule has 3 aromatic rings. The SMILES string of the molecule is C#Cc1cccc2c1CN(C1CCC(=O)NC1=O)C2=O.CC.CC.CC.CCc1cccc2c1CN(C1CCC(=O)NC1=O)C2=O.COc1cccc2c1CN(C1CCC(=O)NC1=O)C2=O. The second-order valence-electron chi connectivity index (χ2n) is 15.0. The summed E-state index contributed by atoms with van der Waals surface area (Å²) in [5, 5.41) is 6.86. The van der Waals surface area contributed by atoms with E-state index in [2.05, 4.69) is 28.8 Å². The quantitative estimate of drug-likeness (QED) is 0.231. The number of rotatable bonds is 5. The molecule has 16 nitrogen and oxygen atoms in total. The van der Waals surface area contributed by atoms with Crippen molar-refractivity contribution in [2.24, 2.45) is 0 Å². The summed E-state index contributed by atoms with van der Waals surface area (Å²) in [6, 6.07) is 14.5. The number of benzene rings is 3. The Morgan fingerprint density at radius 1 is 0.545 bits per heavy atom. The number of carbonyl (C=O) groups excluding carboxylic acids is 9. The van der Waals surface area contributed by atoms with Crippen molar-refractivity contribution in [2.75, 3.05) is 7.11 Å². The van der Waals surface area contributed by atoms with Gasteiger partial charge in [-0.15, -0.1) is 6.42 Å². The van der Waals surface area contributed by atoms with Gasteiger partial charge in [0.2, 0.25) is 35.4 Å². The van der Waals surface area contributed by atoms with Crippen LogP contribution >= 0.6 is 0 Å². The van der Waals surface area contributed by atoms with E-state index in [1.807, 2.05) is 59.7 Å². The molecule has 0 radical (unpaired) electrons. The van der Waals surface area contributed by atoms with Crippen molar-refractivity contribution in [2.45, 2.75) is 131 Å². The van der Waals surface area contributed by atoms with Crippen LogP contribution in [0, 0.1) is 12.3 Å². The standard InChI is InChI=1S/C15H16N2O3.C15H12N2O3.C14H14N2O4.3C2H6/c2*1-2-9-4-3-5-10-11(9)8-17(15(10)20)12-6-7-13(18)16-14(12)19;1-20-11-4-2-3-8-9(11)7-16(14(8)19)10-5-6-12(17)15-13(10)18;3*1-2/h3-5,12H,2,6-8H2,1H3,(H,16,18,19);1,3-5,12H,6-8H2,(H,16,18,19);2-4,10H,5-7H2,1H3,(H,15,17,18);3*1-2H3. The fraction of sp³-hybridized carbons (Fsp3) is 0.420. The van der Waals surface area contributed by atoms with Crippen molar-refractivity contribution >= 4 is 53.2 Å². The lowest BCUT2D eigenvalue weighted by Crippen LogP contribution is -2.52. The number of hydrogen-bond acceptors (Lipinski definition) is 10. The van der Waals surface area contributed by atoms with Gasteiger partial charge in [-0.05, 0) is 72.7 Å². The zero-order chi connectivity index (χ0) is 48.8. The molecule has 350 valence electrons. The summed E-state index contributed by atoms with van der Waals surface area (Å²) >= 11 is 0. The predicted molar refractivity (Wildman–Crippen MR) is 245 cm³/mol. The van der Waals surface area contributed by atoms with Crippen molar-refractivity contribution in [3.8, 4) is 18.1 Å². The van der Waals surface area contributed by atoms with E-state index >= 15 is 0 Å². The molecule has 3 atom stereocenters. The zero-order valence-corrected chi connectivity index (χ0v) is 39.0. The highest BCUT2D eigenvalue weighted by Gasteiger charge is 2.42. The molecule has 3 N–H and O–H groups in total. The summed E-state index contributed by atoms with van der Waals surface area (Å²) in [6.07, 6.45) is 8.22. The molecule has 9 amide bonds. The molecule has 6 aliphatic heterocycles. The van der Waals surface area contributed by atoms with Crippen LogP contribution in [0.2, 0.25) is 0 Å². The van der Waals surface area contributed by atoms with Crippen molar-refractivity contribution in [3.05, 3.63) is 99.1 Å². The van der Waals surface area contributed by atoms with Crippen LogP contribution in [-0.4, -0.2) is 93.1 Å². The van der Waals surface area contributed by atoms with Crippen LogP contribution in [0.5, 0.6) is 5.75 Å². The van der Waals surface area contributed by atoms with E-state index in [4.69, 9.17) is 11.2 Å². The highest BCUT2D eigenvalue weighted by Crippen LogP contribution is 2.34. The van der Waals surface area contributed by atoms with Crippen LogP contribution < -0.4 is 20.7 Å². The fourth-order valence-corrected chi connectivity index (χ4v) is 8.45. The van der Waals surface area contributed by atoms with Gasteiger partial charge in [0.25, 0.3) is 17.7 Å². The molecule has 0 aromatic heterocycles. The van der Waals surface area contributed by atoms with Crippen LogP contribution in [0.4, 0.5) is 0 Å². The molecule has 0 aliphatic carbocycles. The van der Waals surface area contributed by atoms with E-state index < -0.39 is 29.9 Å². The van der Waals surface area contributed by atoms with Gasteiger partial charge in [-0.2, -0.15) is 0 Å². The van der Waals surface area contributed by atoms with Gasteiger partial charge in [-0.3, -0.25) is 59.1 Å². The zero-order valence-electron chi connectivity index (χ0n) is 39.0. The maximum Gasteiger partial charge on any atom is 0.255 e. The van der Waals surface area contributed by atoms with Crippen molar-refractivity contribution in [1.82, 2.24) is 30.7 Å². The maximum atomic E-state index is 12.5. The van der Waals surface area contributed by atoms with Gasteiger partial charge in [-0.25, -0.2) is 0 Å². The van der Waals surface area contributed by atoms with Gasteiger partial charge in [0.1, 0.15) is 23.9 Å². The van der Waals surface area contributed by atoms with Crippen molar-refractivity contribution in [3.63, 3.8) is 0 Å². The summed E-state index contributed by atoms with van der Waals surface area (Å²) in [5.41, 5.74) is 6.21. The summed E-state index contributed by atoms with van der Waals surface area (Å²) < 4.78 is 5.25.